The van der Waals surface area contributed by atoms with E-state index in [1.807, 2.05) is 30.3 Å². The number of anilines is 1. The largest absolute Gasteiger partial charge is 0.497 e. The molecule has 0 aliphatic carbocycles. The molecule has 0 bridgehead atoms. The summed E-state index contributed by atoms with van der Waals surface area (Å²) in [5, 5.41) is 7.21. The summed E-state index contributed by atoms with van der Waals surface area (Å²) in [6.07, 6.45) is 1.59. The van der Waals surface area contributed by atoms with Gasteiger partial charge in [0.2, 0.25) is 0 Å². The molecule has 1 heterocycles. The summed E-state index contributed by atoms with van der Waals surface area (Å²) < 4.78 is 31.3. The molecule has 0 spiro atoms. The van der Waals surface area contributed by atoms with Gasteiger partial charge in [-0.2, -0.15) is 5.10 Å². The molecule has 0 atom stereocenters. The van der Waals surface area contributed by atoms with Crippen LogP contribution in [0, 0.1) is 5.82 Å². The average Bonchev–Trinajstić information content (AvgIpc) is 3.28. The Hall–Kier alpha value is -4.33. The Morgan fingerprint density at radius 3 is 2.42 bits per heavy atom. The fourth-order valence-corrected chi connectivity index (χ4v) is 3.17. The lowest BCUT2D eigenvalue weighted by atomic mass is 10.2. The number of carbonyl (C=O) groups is 1. The Labute approximate surface area is 190 Å². The summed E-state index contributed by atoms with van der Waals surface area (Å²) in [7, 11) is 3.05. The highest BCUT2D eigenvalue weighted by molar-refractivity contribution is 6.05. The van der Waals surface area contributed by atoms with Crippen LogP contribution in [0.2, 0.25) is 0 Å². The van der Waals surface area contributed by atoms with Crippen LogP contribution in [0.5, 0.6) is 17.2 Å². The lowest BCUT2D eigenvalue weighted by molar-refractivity contribution is 0.101. The number of nitrogens with one attached hydrogen (secondary N) is 1. The van der Waals surface area contributed by atoms with Crippen LogP contribution in [0.1, 0.15) is 16.1 Å². The zero-order chi connectivity index (χ0) is 23.2. The summed E-state index contributed by atoms with van der Waals surface area (Å²) in [5.41, 5.74) is 2.05. The molecule has 1 aromatic heterocycles. The van der Waals surface area contributed by atoms with Gasteiger partial charge in [0.15, 0.2) is 11.4 Å². The molecule has 33 heavy (non-hydrogen) atoms. The number of nitrogens with zero attached hydrogens (tertiary/aromatic N) is 2. The molecule has 0 saturated heterocycles. The van der Waals surface area contributed by atoms with Crippen molar-refractivity contribution < 1.29 is 23.4 Å². The minimum atomic E-state index is -0.484. The smallest absolute Gasteiger partial charge is 0.280 e. The third kappa shape index (κ3) is 5.12. The van der Waals surface area contributed by atoms with E-state index in [9.17, 15) is 9.18 Å². The standard InChI is InChI=1S/C25H22FN3O4/c1-31-20-12-13-21(22(14-20)32-2)27-25(30)24-23(33-16-17-6-4-3-5-7-17)15-29(28-24)19-10-8-18(26)9-11-19/h3-15H,16H2,1-2H3,(H,27,30). The number of amides is 1. The van der Waals surface area contributed by atoms with E-state index in [4.69, 9.17) is 14.2 Å². The molecule has 4 rings (SSSR count). The van der Waals surface area contributed by atoms with Crippen LogP contribution in [0.15, 0.2) is 79.0 Å². The summed E-state index contributed by atoms with van der Waals surface area (Å²) in [6, 6.07) is 20.4. The second kappa shape index (κ2) is 9.86. The highest BCUT2D eigenvalue weighted by atomic mass is 19.1. The molecule has 0 aliphatic heterocycles. The van der Waals surface area contributed by atoms with Gasteiger partial charge in [-0.15, -0.1) is 0 Å². The number of benzene rings is 3. The summed E-state index contributed by atoms with van der Waals surface area (Å²) in [4.78, 5) is 13.2. The third-order valence-electron chi connectivity index (χ3n) is 4.88. The molecular formula is C25H22FN3O4. The van der Waals surface area contributed by atoms with Crippen molar-refractivity contribution >= 4 is 11.6 Å². The number of methoxy groups -OCH3 is 2. The first kappa shape index (κ1) is 21.9. The predicted molar refractivity (Wildman–Crippen MR) is 122 cm³/mol. The lowest BCUT2D eigenvalue weighted by Gasteiger charge is -2.11. The van der Waals surface area contributed by atoms with Crippen molar-refractivity contribution in [2.24, 2.45) is 0 Å². The number of hydrogen-bond acceptors (Lipinski definition) is 5. The van der Waals surface area contributed by atoms with Crippen molar-refractivity contribution in [2.75, 3.05) is 19.5 Å². The Morgan fingerprint density at radius 1 is 0.970 bits per heavy atom. The monoisotopic (exact) mass is 447 g/mol. The molecular weight excluding hydrogens is 425 g/mol. The average molecular weight is 447 g/mol. The maximum Gasteiger partial charge on any atom is 0.280 e. The number of aromatic nitrogens is 2. The van der Waals surface area contributed by atoms with Gasteiger partial charge in [0, 0.05) is 6.07 Å². The van der Waals surface area contributed by atoms with Crippen LogP contribution < -0.4 is 19.5 Å². The zero-order valence-electron chi connectivity index (χ0n) is 18.1. The molecule has 0 unspecified atom stereocenters. The van der Waals surface area contributed by atoms with Gasteiger partial charge < -0.3 is 19.5 Å². The van der Waals surface area contributed by atoms with Crippen LogP contribution in [-0.2, 0) is 6.61 Å². The molecule has 0 radical (unpaired) electrons. The van der Waals surface area contributed by atoms with Gasteiger partial charge in [0.05, 0.1) is 31.8 Å². The summed E-state index contributed by atoms with van der Waals surface area (Å²) in [5.74, 6) is 0.469. The molecule has 7 nitrogen and oxygen atoms in total. The molecule has 1 amide bonds. The van der Waals surface area contributed by atoms with Gasteiger partial charge >= 0.3 is 0 Å². The van der Waals surface area contributed by atoms with Gasteiger partial charge in [0.1, 0.15) is 23.9 Å². The van der Waals surface area contributed by atoms with Crippen molar-refractivity contribution in [3.8, 4) is 22.9 Å². The van der Waals surface area contributed by atoms with E-state index in [1.54, 1.807) is 43.6 Å². The molecule has 0 fully saturated rings. The number of ether oxygens (including phenoxy) is 3. The second-order valence-electron chi connectivity index (χ2n) is 7.06. The minimum Gasteiger partial charge on any atom is -0.497 e. The molecule has 1 N–H and O–H groups in total. The van der Waals surface area contributed by atoms with Gasteiger partial charge in [-0.1, -0.05) is 30.3 Å². The normalized spacial score (nSPS) is 10.5. The number of hydrogen-bond donors (Lipinski definition) is 1. The van der Waals surface area contributed by atoms with Crippen molar-refractivity contribution in [3.63, 3.8) is 0 Å². The van der Waals surface area contributed by atoms with Gasteiger partial charge in [-0.3, -0.25) is 4.79 Å². The molecule has 3 aromatic carbocycles. The zero-order valence-corrected chi connectivity index (χ0v) is 18.1. The first-order valence-corrected chi connectivity index (χ1v) is 10.1. The number of carbonyl (C=O) groups excluding carboxylic acids is 1. The fraction of sp³-hybridized carbons (Fsp3) is 0.120. The minimum absolute atomic E-state index is 0.0770. The molecule has 4 aromatic rings. The van der Waals surface area contributed by atoms with E-state index in [0.717, 1.165) is 5.56 Å². The first-order valence-electron chi connectivity index (χ1n) is 10.1. The van der Waals surface area contributed by atoms with E-state index in [-0.39, 0.29) is 23.9 Å². The fourth-order valence-electron chi connectivity index (χ4n) is 3.17. The maximum absolute atomic E-state index is 13.4. The quantitative estimate of drug-likeness (QED) is 0.418. The van der Waals surface area contributed by atoms with Crippen molar-refractivity contribution in [3.05, 3.63) is 96.1 Å². The van der Waals surface area contributed by atoms with E-state index >= 15 is 0 Å². The number of rotatable bonds is 8. The van der Waals surface area contributed by atoms with Crippen LogP contribution >= 0.6 is 0 Å². The maximum atomic E-state index is 13.4. The highest BCUT2D eigenvalue weighted by Crippen LogP contribution is 2.30. The molecule has 8 heteroatoms. The van der Waals surface area contributed by atoms with Crippen LogP contribution in [-0.4, -0.2) is 29.9 Å². The Balaban J connectivity index is 1.64. The van der Waals surface area contributed by atoms with Crippen molar-refractivity contribution in [1.29, 1.82) is 0 Å². The molecule has 0 aliphatic rings. The van der Waals surface area contributed by atoms with Gasteiger partial charge in [-0.05, 0) is 42.0 Å². The molecule has 168 valence electrons. The Kier molecular flexibility index (Phi) is 6.54. The van der Waals surface area contributed by atoms with E-state index in [0.29, 0.717) is 22.9 Å². The van der Waals surface area contributed by atoms with Crippen molar-refractivity contribution in [1.82, 2.24) is 9.78 Å². The summed E-state index contributed by atoms with van der Waals surface area (Å²) in [6.45, 7) is 0.252. The number of halogens is 1. The van der Waals surface area contributed by atoms with E-state index in [2.05, 4.69) is 10.4 Å². The third-order valence-corrected chi connectivity index (χ3v) is 4.88. The Morgan fingerprint density at radius 2 is 1.73 bits per heavy atom. The predicted octanol–water partition coefficient (Wildman–Crippen LogP) is 4.86. The topological polar surface area (TPSA) is 74.6 Å². The van der Waals surface area contributed by atoms with E-state index < -0.39 is 5.91 Å². The SMILES string of the molecule is COc1ccc(NC(=O)c2nn(-c3ccc(F)cc3)cc2OCc2ccccc2)c(OC)c1. The van der Waals surface area contributed by atoms with Crippen LogP contribution in [0.4, 0.5) is 10.1 Å². The van der Waals surface area contributed by atoms with Crippen LogP contribution in [0.3, 0.4) is 0 Å². The first-order chi connectivity index (χ1) is 16.1. The van der Waals surface area contributed by atoms with Crippen LogP contribution in [0.25, 0.3) is 5.69 Å². The summed E-state index contributed by atoms with van der Waals surface area (Å²) >= 11 is 0. The molecule has 0 saturated carbocycles. The highest BCUT2D eigenvalue weighted by Gasteiger charge is 2.21. The second-order valence-corrected chi connectivity index (χ2v) is 7.06. The lowest BCUT2D eigenvalue weighted by Crippen LogP contribution is -2.15. The van der Waals surface area contributed by atoms with Crippen molar-refractivity contribution in [2.45, 2.75) is 6.61 Å². The van der Waals surface area contributed by atoms with E-state index in [1.165, 1.54) is 23.9 Å². The van der Waals surface area contributed by atoms with Gasteiger partial charge in [-0.25, -0.2) is 9.07 Å². The van der Waals surface area contributed by atoms with Gasteiger partial charge in [0.25, 0.3) is 5.91 Å². The Bertz CT molecular complexity index is 1240.